The summed E-state index contributed by atoms with van der Waals surface area (Å²) in [5.74, 6) is -0.0484. The molecule has 0 radical (unpaired) electrons. The number of carbonyl (C=O) groups is 1. The van der Waals surface area contributed by atoms with Crippen molar-refractivity contribution in [1.29, 1.82) is 0 Å². The van der Waals surface area contributed by atoms with E-state index in [-0.39, 0.29) is 19.1 Å². The van der Waals surface area contributed by atoms with Gasteiger partial charge in [0.25, 0.3) is 0 Å². The number of hydrogen-bond acceptors (Lipinski definition) is 3. The van der Waals surface area contributed by atoms with E-state index in [1.54, 1.807) is 6.07 Å². The molecule has 17 heavy (non-hydrogen) atoms. The van der Waals surface area contributed by atoms with E-state index in [2.05, 4.69) is 0 Å². The Hall–Kier alpha value is -1.26. The Morgan fingerprint density at radius 2 is 2.35 bits per heavy atom. The number of benzene rings is 1. The van der Waals surface area contributed by atoms with Gasteiger partial charge in [0.05, 0.1) is 13.2 Å². The van der Waals surface area contributed by atoms with Crippen LogP contribution in [-0.2, 0) is 4.74 Å². The summed E-state index contributed by atoms with van der Waals surface area (Å²) in [6.07, 6.45) is -0.394. The van der Waals surface area contributed by atoms with Crippen molar-refractivity contribution in [2.24, 2.45) is 5.92 Å². The molecule has 1 unspecified atom stereocenters. The lowest BCUT2D eigenvalue weighted by molar-refractivity contribution is 0.0900. The third-order valence-electron chi connectivity index (χ3n) is 2.83. The van der Waals surface area contributed by atoms with Crippen LogP contribution < -0.4 is 4.90 Å². The van der Waals surface area contributed by atoms with Crippen LogP contribution in [0.5, 0.6) is 0 Å². The van der Waals surface area contributed by atoms with Gasteiger partial charge in [-0.05, 0) is 24.6 Å². The van der Waals surface area contributed by atoms with Crippen LogP contribution in [0.15, 0.2) is 18.2 Å². The van der Waals surface area contributed by atoms with Gasteiger partial charge in [-0.25, -0.2) is 4.79 Å². The van der Waals surface area contributed by atoms with Crippen LogP contribution in [0.2, 0.25) is 5.02 Å². The van der Waals surface area contributed by atoms with E-state index in [0.29, 0.717) is 17.3 Å². The zero-order valence-electron chi connectivity index (χ0n) is 9.52. The second kappa shape index (κ2) is 4.94. The molecular weight excluding hydrogens is 242 g/mol. The SMILES string of the molecule is Cc1ccc(N2CC(CO)COC2=O)cc1Cl. The van der Waals surface area contributed by atoms with Crippen LogP contribution in [0.25, 0.3) is 0 Å². The minimum absolute atomic E-state index is 0.00335. The lowest BCUT2D eigenvalue weighted by Crippen LogP contribution is -2.44. The highest BCUT2D eigenvalue weighted by Gasteiger charge is 2.28. The highest BCUT2D eigenvalue weighted by molar-refractivity contribution is 6.31. The molecule has 1 aliphatic rings. The van der Waals surface area contributed by atoms with Crippen molar-refractivity contribution in [2.75, 3.05) is 24.7 Å². The summed E-state index contributed by atoms with van der Waals surface area (Å²) in [5.41, 5.74) is 1.66. The van der Waals surface area contributed by atoms with Crippen LogP contribution in [-0.4, -0.2) is 31.0 Å². The van der Waals surface area contributed by atoms with Crippen LogP contribution in [0.3, 0.4) is 0 Å². The highest BCUT2D eigenvalue weighted by Crippen LogP contribution is 2.26. The van der Waals surface area contributed by atoms with Gasteiger partial charge in [-0.1, -0.05) is 17.7 Å². The summed E-state index contributed by atoms with van der Waals surface area (Å²) in [6.45, 7) is 2.63. The molecular formula is C12H14ClNO3. The van der Waals surface area contributed by atoms with Crippen molar-refractivity contribution in [2.45, 2.75) is 6.92 Å². The van der Waals surface area contributed by atoms with Gasteiger partial charge < -0.3 is 9.84 Å². The lowest BCUT2D eigenvalue weighted by atomic mass is 10.1. The number of aliphatic hydroxyl groups is 1. The number of hydrogen-bond donors (Lipinski definition) is 1. The molecule has 1 N–H and O–H groups in total. The number of amides is 1. The predicted octanol–water partition coefficient (Wildman–Crippen LogP) is 2.21. The van der Waals surface area contributed by atoms with Crippen LogP contribution in [0, 0.1) is 12.8 Å². The Balaban J connectivity index is 2.24. The molecule has 2 rings (SSSR count). The fourth-order valence-corrected chi connectivity index (χ4v) is 1.90. The zero-order valence-corrected chi connectivity index (χ0v) is 10.3. The van der Waals surface area contributed by atoms with E-state index in [1.807, 2.05) is 19.1 Å². The second-order valence-electron chi connectivity index (χ2n) is 4.17. The second-order valence-corrected chi connectivity index (χ2v) is 4.58. The number of anilines is 1. The van der Waals surface area contributed by atoms with E-state index in [1.165, 1.54) is 4.90 Å². The van der Waals surface area contributed by atoms with Crippen molar-refractivity contribution in [3.05, 3.63) is 28.8 Å². The summed E-state index contributed by atoms with van der Waals surface area (Å²) in [6, 6.07) is 5.41. The van der Waals surface area contributed by atoms with Gasteiger partial charge in [-0.3, -0.25) is 4.90 Å². The molecule has 1 saturated heterocycles. The van der Waals surface area contributed by atoms with Crippen LogP contribution in [0.4, 0.5) is 10.5 Å². The van der Waals surface area contributed by atoms with Gasteiger partial charge in [0.2, 0.25) is 0 Å². The number of rotatable bonds is 2. The van der Waals surface area contributed by atoms with Crippen molar-refractivity contribution in [1.82, 2.24) is 0 Å². The molecule has 0 spiro atoms. The highest BCUT2D eigenvalue weighted by atomic mass is 35.5. The van der Waals surface area contributed by atoms with Crippen LogP contribution in [0.1, 0.15) is 5.56 Å². The van der Waals surface area contributed by atoms with Gasteiger partial charge in [0.1, 0.15) is 0 Å². The molecule has 92 valence electrons. The van der Waals surface area contributed by atoms with E-state index in [9.17, 15) is 4.79 Å². The number of nitrogens with zero attached hydrogens (tertiary/aromatic N) is 1. The number of aryl methyl sites for hydroxylation is 1. The maximum Gasteiger partial charge on any atom is 0.414 e. The Bertz CT molecular complexity index is 436. The molecule has 0 aliphatic carbocycles. The fourth-order valence-electron chi connectivity index (χ4n) is 1.72. The first-order chi connectivity index (χ1) is 8.11. The summed E-state index contributed by atoms with van der Waals surface area (Å²) in [7, 11) is 0. The molecule has 1 amide bonds. The van der Waals surface area contributed by atoms with Crippen molar-refractivity contribution >= 4 is 23.4 Å². The molecule has 5 heteroatoms. The van der Waals surface area contributed by atoms with E-state index < -0.39 is 6.09 Å². The maximum atomic E-state index is 11.6. The lowest BCUT2D eigenvalue weighted by Gasteiger charge is -2.31. The summed E-state index contributed by atoms with van der Waals surface area (Å²) < 4.78 is 5.00. The van der Waals surface area contributed by atoms with Crippen molar-refractivity contribution in [3.8, 4) is 0 Å². The first kappa shape index (κ1) is 12.2. The van der Waals surface area contributed by atoms with Crippen molar-refractivity contribution < 1.29 is 14.6 Å². The minimum atomic E-state index is -0.394. The van der Waals surface area contributed by atoms with Gasteiger partial charge in [-0.2, -0.15) is 0 Å². The minimum Gasteiger partial charge on any atom is -0.449 e. The number of aliphatic hydroxyl groups excluding tert-OH is 1. The zero-order chi connectivity index (χ0) is 12.4. The third kappa shape index (κ3) is 2.53. The number of cyclic esters (lactones) is 1. The molecule has 0 bridgehead atoms. The Kier molecular flexibility index (Phi) is 3.54. The molecule has 1 atom stereocenters. The Morgan fingerprint density at radius 1 is 1.59 bits per heavy atom. The molecule has 0 saturated carbocycles. The molecule has 4 nitrogen and oxygen atoms in total. The smallest absolute Gasteiger partial charge is 0.414 e. The molecule has 1 aromatic carbocycles. The average Bonchev–Trinajstić information content (AvgIpc) is 2.33. The Labute approximate surface area is 105 Å². The van der Waals surface area contributed by atoms with Gasteiger partial charge in [-0.15, -0.1) is 0 Å². The molecule has 1 aromatic rings. The van der Waals surface area contributed by atoms with Gasteiger partial charge in [0.15, 0.2) is 0 Å². The number of carbonyl (C=O) groups excluding carboxylic acids is 1. The maximum absolute atomic E-state index is 11.6. The summed E-state index contributed by atoms with van der Waals surface area (Å²) >= 11 is 6.02. The van der Waals surface area contributed by atoms with E-state index in [0.717, 1.165) is 5.56 Å². The van der Waals surface area contributed by atoms with Gasteiger partial charge in [0, 0.05) is 23.2 Å². The normalized spacial score (nSPS) is 20.3. The molecule has 0 aromatic heterocycles. The first-order valence-corrected chi connectivity index (χ1v) is 5.81. The first-order valence-electron chi connectivity index (χ1n) is 5.43. The van der Waals surface area contributed by atoms with Crippen LogP contribution >= 0.6 is 11.6 Å². The molecule has 1 fully saturated rings. The molecule has 1 heterocycles. The third-order valence-corrected chi connectivity index (χ3v) is 3.24. The predicted molar refractivity (Wildman–Crippen MR) is 65.5 cm³/mol. The summed E-state index contributed by atoms with van der Waals surface area (Å²) in [4.78, 5) is 13.1. The number of halogens is 1. The van der Waals surface area contributed by atoms with E-state index in [4.69, 9.17) is 21.4 Å². The number of ether oxygens (including phenoxy) is 1. The Morgan fingerprint density at radius 3 is 3.00 bits per heavy atom. The largest absolute Gasteiger partial charge is 0.449 e. The van der Waals surface area contributed by atoms with Crippen molar-refractivity contribution in [3.63, 3.8) is 0 Å². The molecule has 1 aliphatic heterocycles. The summed E-state index contributed by atoms with van der Waals surface area (Å²) in [5, 5.41) is 9.71. The van der Waals surface area contributed by atoms with Gasteiger partial charge >= 0.3 is 6.09 Å². The van der Waals surface area contributed by atoms with E-state index >= 15 is 0 Å². The topological polar surface area (TPSA) is 49.8 Å². The standard InChI is InChI=1S/C12H14ClNO3/c1-8-2-3-10(4-11(8)13)14-5-9(6-15)7-17-12(14)16/h2-4,9,15H,5-7H2,1H3. The monoisotopic (exact) mass is 255 g/mol. The fraction of sp³-hybridized carbons (Fsp3) is 0.417. The average molecular weight is 256 g/mol. The quantitative estimate of drug-likeness (QED) is 0.882.